The Hall–Kier alpha value is -2.95. The van der Waals surface area contributed by atoms with Crippen molar-refractivity contribution in [2.45, 2.75) is 45.2 Å². The van der Waals surface area contributed by atoms with Crippen LogP contribution in [0.15, 0.2) is 47.0 Å². The van der Waals surface area contributed by atoms with Crippen molar-refractivity contribution in [1.29, 1.82) is 0 Å². The summed E-state index contributed by atoms with van der Waals surface area (Å²) >= 11 is 0. The summed E-state index contributed by atoms with van der Waals surface area (Å²) in [5.74, 6) is 1.05. The fraction of sp³-hybridized carbons (Fsp3) is 0.318. The number of aryl methyl sites for hydroxylation is 1. The Morgan fingerprint density at radius 1 is 1.07 bits per heavy atom. The number of carbonyl (C=O) groups excluding carboxylic acids is 1. The van der Waals surface area contributed by atoms with Gasteiger partial charge < -0.3 is 9.42 Å². The van der Waals surface area contributed by atoms with Gasteiger partial charge in [0.05, 0.1) is 11.1 Å². The van der Waals surface area contributed by atoms with Crippen molar-refractivity contribution < 1.29 is 9.32 Å². The lowest BCUT2D eigenvalue weighted by atomic mass is 10.0. The number of benzene rings is 2. The number of fused-ring (bicyclic) bond motifs is 1. The molecule has 0 unspecified atom stereocenters. The van der Waals surface area contributed by atoms with E-state index < -0.39 is 0 Å². The van der Waals surface area contributed by atoms with E-state index in [1.807, 2.05) is 54.3 Å². The summed E-state index contributed by atoms with van der Waals surface area (Å²) in [6, 6.07) is 14.3. The zero-order chi connectivity index (χ0) is 18.4. The molecule has 5 nitrogen and oxygen atoms in total. The molecule has 2 heterocycles. The minimum Gasteiger partial charge on any atom is -0.334 e. The number of amides is 1. The van der Waals surface area contributed by atoms with Crippen LogP contribution < -0.4 is 0 Å². The van der Waals surface area contributed by atoms with Crippen LogP contribution in [0.4, 0.5) is 0 Å². The maximum Gasteiger partial charge on any atom is 0.259 e. The fourth-order valence-corrected chi connectivity index (χ4v) is 4.23. The van der Waals surface area contributed by atoms with Crippen LogP contribution in [-0.4, -0.2) is 27.0 Å². The smallest absolute Gasteiger partial charge is 0.259 e. The average molecular weight is 359 g/mol. The molecule has 5 heteroatoms. The molecular weight excluding hydrogens is 338 g/mol. The number of nitrogens with zero attached hydrogens (tertiary/aromatic N) is 3. The van der Waals surface area contributed by atoms with Gasteiger partial charge in [-0.1, -0.05) is 60.0 Å². The van der Waals surface area contributed by atoms with Crippen molar-refractivity contribution in [3.05, 3.63) is 59.2 Å². The van der Waals surface area contributed by atoms with E-state index in [-0.39, 0.29) is 5.91 Å². The van der Waals surface area contributed by atoms with E-state index in [0.29, 0.717) is 24.3 Å². The standard InChI is InChI=1S/C22H21N3O2/c1-14-9-11-15(12-10-14)20-23-21(27-24-20)18-8-4-5-16-13-25(22(26)19(16)18)17-6-2-3-7-17/h4-5,8-12,17H,2-3,6-7,13H2,1H3. The predicted octanol–water partition coefficient (Wildman–Crippen LogP) is 4.61. The molecule has 2 aliphatic rings. The molecule has 0 N–H and O–H groups in total. The normalized spacial score (nSPS) is 16.9. The van der Waals surface area contributed by atoms with Crippen molar-refractivity contribution in [3.63, 3.8) is 0 Å². The van der Waals surface area contributed by atoms with Crippen molar-refractivity contribution in [1.82, 2.24) is 15.0 Å². The van der Waals surface area contributed by atoms with Crippen LogP contribution in [-0.2, 0) is 6.54 Å². The van der Waals surface area contributed by atoms with Gasteiger partial charge >= 0.3 is 0 Å². The summed E-state index contributed by atoms with van der Waals surface area (Å²) < 4.78 is 5.54. The van der Waals surface area contributed by atoms with Crippen LogP contribution in [0.2, 0.25) is 0 Å². The van der Waals surface area contributed by atoms with E-state index in [4.69, 9.17) is 4.52 Å². The van der Waals surface area contributed by atoms with Crippen LogP contribution in [0.25, 0.3) is 22.8 Å². The second-order valence-electron chi connectivity index (χ2n) is 7.50. The molecule has 1 saturated carbocycles. The molecule has 3 aromatic rings. The minimum absolute atomic E-state index is 0.0996. The van der Waals surface area contributed by atoms with Gasteiger partial charge in [0.1, 0.15) is 0 Å². The van der Waals surface area contributed by atoms with E-state index in [1.54, 1.807) is 0 Å². The molecule has 1 aliphatic carbocycles. The second-order valence-corrected chi connectivity index (χ2v) is 7.50. The van der Waals surface area contributed by atoms with E-state index in [2.05, 4.69) is 10.1 Å². The highest BCUT2D eigenvalue weighted by Crippen LogP contribution is 2.36. The first kappa shape index (κ1) is 16.2. The summed E-state index contributed by atoms with van der Waals surface area (Å²) in [4.78, 5) is 19.7. The Kier molecular flexibility index (Phi) is 3.81. The quantitative estimate of drug-likeness (QED) is 0.685. The summed E-state index contributed by atoms with van der Waals surface area (Å²) in [5, 5.41) is 4.13. The van der Waals surface area contributed by atoms with Gasteiger partial charge in [0.15, 0.2) is 0 Å². The number of hydrogen-bond donors (Lipinski definition) is 0. The van der Waals surface area contributed by atoms with E-state index in [1.165, 1.54) is 18.4 Å². The summed E-state index contributed by atoms with van der Waals surface area (Å²) in [5.41, 5.74) is 4.61. The maximum absolute atomic E-state index is 13.1. The Morgan fingerprint density at radius 2 is 1.85 bits per heavy atom. The summed E-state index contributed by atoms with van der Waals surface area (Å²) in [6.45, 7) is 2.73. The fourth-order valence-electron chi connectivity index (χ4n) is 4.23. The molecule has 0 atom stereocenters. The largest absolute Gasteiger partial charge is 0.334 e. The molecule has 1 fully saturated rings. The molecule has 27 heavy (non-hydrogen) atoms. The van der Waals surface area contributed by atoms with Crippen LogP contribution in [0.5, 0.6) is 0 Å². The van der Waals surface area contributed by atoms with Crippen LogP contribution in [0, 0.1) is 6.92 Å². The molecule has 1 amide bonds. The van der Waals surface area contributed by atoms with E-state index in [9.17, 15) is 4.79 Å². The third-order valence-corrected chi connectivity index (χ3v) is 5.70. The third-order valence-electron chi connectivity index (χ3n) is 5.70. The molecule has 5 rings (SSSR count). The monoisotopic (exact) mass is 359 g/mol. The van der Waals surface area contributed by atoms with Crippen LogP contribution in [0.3, 0.4) is 0 Å². The number of rotatable bonds is 3. The third kappa shape index (κ3) is 2.74. The Morgan fingerprint density at radius 3 is 2.63 bits per heavy atom. The molecular formula is C22H21N3O2. The second kappa shape index (κ2) is 6.34. The number of carbonyl (C=O) groups is 1. The van der Waals surface area contributed by atoms with Gasteiger partial charge in [-0.05, 0) is 31.4 Å². The Bertz CT molecular complexity index is 1000. The maximum atomic E-state index is 13.1. The van der Waals surface area contributed by atoms with Gasteiger partial charge in [0.25, 0.3) is 11.8 Å². The van der Waals surface area contributed by atoms with Gasteiger partial charge in [-0.15, -0.1) is 0 Å². The lowest BCUT2D eigenvalue weighted by Crippen LogP contribution is -2.33. The van der Waals surface area contributed by atoms with Gasteiger partial charge in [-0.2, -0.15) is 4.98 Å². The van der Waals surface area contributed by atoms with Crippen molar-refractivity contribution in [2.24, 2.45) is 0 Å². The van der Waals surface area contributed by atoms with E-state index in [0.717, 1.165) is 35.1 Å². The molecule has 2 aromatic carbocycles. The summed E-state index contributed by atoms with van der Waals surface area (Å²) in [6.07, 6.45) is 4.63. The highest BCUT2D eigenvalue weighted by molar-refractivity contribution is 6.04. The Balaban J connectivity index is 1.50. The zero-order valence-electron chi connectivity index (χ0n) is 15.3. The topological polar surface area (TPSA) is 59.2 Å². The SMILES string of the molecule is Cc1ccc(-c2noc(-c3cccc4c3C(=O)N(C3CCCC3)C4)n2)cc1. The van der Waals surface area contributed by atoms with Crippen molar-refractivity contribution in [2.75, 3.05) is 0 Å². The first-order valence-electron chi connectivity index (χ1n) is 9.55. The highest BCUT2D eigenvalue weighted by atomic mass is 16.5. The number of hydrogen-bond acceptors (Lipinski definition) is 4. The first-order chi connectivity index (χ1) is 13.2. The molecule has 1 aliphatic heterocycles. The van der Waals surface area contributed by atoms with Crippen molar-refractivity contribution in [3.8, 4) is 22.8 Å². The van der Waals surface area contributed by atoms with E-state index >= 15 is 0 Å². The summed E-state index contributed by atoms with van der Waals surface area (Å²) in [7, 11) is 0. The van der Waals surface area contributed by atoms with Gasteiger partial charge in [-0.3, -0.25) is 4.79 Å². The lowest BCUT2D eigenvalue weighted by molar-refractivity contribution is 0.0707. The lowest BCUT2D eigenvalue weighted by Gasteiger charge is -2.23. The van der Waals surface area contributed by atoms with Gasteiger partial charge in [0.2, 0.25) is 5.82 Å². The van der Waals surface area contributed by atoms with Crippen LogP contribution in [0.1, 0.15) is 47.2 Å². The molecule has 0 saturated heterocycles. The zero-order valence-corrected chi connectivity index (χ0v) is 15.3. The molecule has 136 valence electrons. The first-order valence-corrected chi connectivity index (χ1v) is 9.55. The van der Waals surface area contributed by atoms with Gasteiger partial charge in [-0.25, -0.2) is 0 Å². The molecule has 0 spiro atoms. The predicted molar refractivity (Wildman–Crippen MR) is 102 cm³/mol. The van der Waals surface area contributed by atoms with Gasteiger partial charge in [0, 0.05) is 18.2 Å². The van der Waals surface area contributed by atoms with Crippen LogP contribution >= 0.6 is 0 Å². The minimum atomic E-state index is 0.0996. The Labute approximate surface area is 158 Å². The molecule has 0 bridgehead atoms. The van der Waals surface area contributed by atoms with Crippen molar-refractivity contribution >= 4 is 5.91 Å². The average Bonchev–Trinajstić information content (AvgIpc) is 3.42. The molecule has 1 aromatic heterocycles. The highest BCUT2D eigenvalue weighted by Gasteiger charge is 2.36. The number of aromatic nitrogens is 2. The molecule has 0 radical (unpaired) electrons.